The van der Waals surface area contributed by atoms with Crippen LogP contribution >= 0.6 is 0 Å². The van der Waals surface area contributed by atoms with Gasteiger partial charge in [0.05, 0.1) is 5.60 Å². The lowest BCUT2D eigenvalue weighted by molar-refractivity contribution is -0.156. The Bertz CT molecular complexity index is 174. The van der Waals surface area contributed by atoms with Crippen LogP contribution in [0.3, 0.4) is 0 Å². The van der Waals surface area contributed by atoms with Gasteiger partial charge >= 0.3 is 0 Å². The van der Waals surface area contributed by atoms with Gasteiger partial charge in [0.1, 0.15) is 0 Å². The molecule has 0 aliphatic carbocycles. The van der Waals surface area contributed by atoms with Gasteiger partial charge in [0, 0.05) is 0 Å². The predicted octanol–water partition coefficient (Wildman–Crippen LogP) is 4.00. The minimum absolute atomic E-state index is 0.0278. The maximum Gasteiger partial charge on any atom is 0.0746 e. The first-order chi connectivity index (χ1) is 6.18. The van der Waals surface area contributed by atoms with Crippen LogP contribution in [0.4, 0.5) is 0 Å². The molecule has 0 amide bonds. The fourth-order valence-electron chi connectivity index (χ4n) is 2.70. The molecule has 0 aromatic rings. The standard InChI is InChI=1S/C13H28O/c1-8-12(7,9-2)13(14,10-3)11(4,5)6/h14H,8-10H2,1-7H3. The van der Waals surface area contributed by atoms with Crippen molar-refractivity contribution >= 4 is 0 Å². The normalized spacial score (nSPS) is 18.0. The highest BCUT2D eigenvalue weighted by molar-refractivity contribution is 5.01. The molecule has 0 rings (SSSR count). The third-order valence-corrected chi connectivity index (χ3v) is 4.31. The molecule has 0 bridgehead atoms. The summed E-state index contributed by atoms with van der Waals surface area (Å²) in [5.74, 6) is 0. The zero-order valence-electron chi connectivity index (χ0n) is 11.1. The van der Waals surface area contributed by atoms with Gasteiger partial charge in [0.15, 0.2) is 0 Å². The van der Waals surface area contributed by atoms with Gasteiger partial charge in [-0.15, -0.1) is 0 Å². The van der Waals surface area contributed by atoms with Crippen LogP contribution in [0.5, 0.6) is 0 Å². The van der Waals surface area contributed by atoms with Crippen LogP contribution in [-0.4, -0.2) is 10.7 Å². The minimum atomic E-state index is -0.566. The Morgan fingerprint density at radius 1 is 0.786 bits per heavy atom. The number of hydrogen-bond acceptors (Lipinski definition) is 1. The summed E-state index contributed by atoms with van der Waals surface area (Å²) in [7, 11) is 0. The summed E-state index contributed by atoms with van der Waals surface area (Å²) in [5.41, 5.74) is -0.591. The van der Waals surface area contributed by atoms with Crippen LogP contribution in [0.1, 0.15) is 67.7 Å². The SMILES string of the molecule is CCC(C)(CC)C(O)(CC)C(C)(C)C. The quantitative estimate of drug-likeness (QED) is 0.727. The third-order valence-electron chi connectivity index (χ3n) is 4.31. The smallest absolute Gasteiger partial charge is 0.0746 e. The average molecular weight is 200 g/mol. The summed E-state index contributed by atoms with van der Waals surface area (Å²) in [6.45, 7) is 15.1. The molecule has 14 heavy (non-hydrogen) atoms. The lowest BCUT2D eigenvalue weighted by Crippen LogP contribution is -2.54. The molecule has 0 aromatic carbocycles. The summed E-state index contributed by atoms with van der Waals surface area (Å²) in [6, 6.07) is 0. The van der Waals surface area contributed by atoms with E-state index in [4.69, 9.17) is 0 Å². The number of rotatable bonds is 4. The van der Waals surface area contributed by atoms with E-state index in [1.165, 1.54) is 0 Å². The molecule has 0 saturated carbocycles. The molecule has 1 unspecified atom stereocenters. The van der Waals surface area contributed by atoms with Gasteiger partial charge in [-0.1, -0.05) is 48.5 Å². The summed E-state index contributed by atoms with van der Waals surface area (Å²) in [4.78, 5) is 0. The second-order valence-corrected chi connectivity index (χ2v) is 5.73. The third kappa shape index (κ3) is 1.98. The van der Waals surface area contributed by atoms with Gasteiger partial charge in [-0.3, -0.25) is 0 Å². The van der Waals surface area contributed by atoms with E-state index in [2.05, 4.69) is 48.5 Å². The molecule has 1 atom stereocenters. The first-order valence-corrected chi connectivity index (χ1v) is 5.91. The van der Waals surface area contributed by atoms with Crippen molar-refractivity contribution in [1.29, 1.82) is 0 Å². The highest BCUT2D eigenvalue weighted by Gasteiger charge is 2.50. The minimum Gasteiger partial charge on any atom is -0.389 e. The first kappa shape index (κ1) is 14.0. The molecule has 0 spiro atoms. The molecule has 0 radical (unpaired) electrons. The van der Waals surface area contributed by atoms with Crippen LogP contribution < -0.4 is 0 Å². The van der Waals surface area contributed by atoms with Crippen LogP contribution in [0.25, 0.3) is 0 Å². The largest absolute Gasteiger partial charge is 0.389 e. The molecule has 0 saturated heterocycles. The van der Waals surface area contributed by atoms with Crippen molar-refractivity contribution in [2.45, 2.75) is 73.3 Å². The monoisotopic (exact) mass is 200 g/mol. The Morgan fingerprint density at radius 3 is 1.21 bits per heavy atom. The molecule has 1 nitrogen and oxygen atoms in total. The van der Waals surface area contributed by atoms with Crippen molar-refractivity contribution in [3.8, 4) is 0 Å². The molecule has 0 fully saturated rings. The van der Waals surface area contributed by atoms with Gasteiger partial charge in [-0.25, -0.2) is 0 Å². The van der Waals surface area contributed by atoms with Gasteiger partial charge in [-0.2, -0.15) is 0 Å². The van der Waals surface area contributed by atoms with Crippen molar-refractivity contribution in [2.75, 3.05) is 0 Å². The van der Waals surface area contributed by atoms with Gasteiger partial charge < -0.3 is 5.11 Å². The molecule has 0 heterocycles. The molecule has 1 N–H and O–H groups in total. The van der Waals surface area contributed by atoms with E-state index in [1.54, 1.807) is 0 Å². The van der Waals surface area contributed by atoms with Gasteiger partial charge in [0.2, 0.25) is 0 Å². The van der Waals surface area contributed by atoms with E-state index in [-0.39, 0.29) is 10.8 Å². The first-order valence-electron chi connectivity index (χ1n) is 5.91. The van der Waals surface area contributed by atoms with Crippen molar-refractivity contribution in [2.24, 2.45) is 10.8 Å². The average Bonchev–Trinajstić information content (AvgIpc) is 2.13. The van der Waals surface area contributed by atoms with E-state index in [0.717, 1.165) is 19.3 Å². The Kier molecular flexibility index (Phi) is 4.21. The van der Waals surface area contributed by atoms with Crippen LogP contribution in [0.15, 0.2) is 0 Å². The van der Waals surface area contributed by atoms with Crippen LogP contribution in [0.2, 0.25) is 0 Å². The maximum absolute atomic E-state index is 10.9. The van der Waals surface area contributed by atoms with E-state index < -0.39 is 5.60 Å². The molecular weight excluding hydrogens is 172 g/mol. The Morgan fingerprint density at radius 2 is 1.14 bits per heavy atom. The predicted molar refractivity (Wildman–Crippen MR) is 63.4 cm³/mol. The number of hydrogen-bond donors (Lipinski definition) is 1. The Labute approximate surface area is 89.9 Å². The highest BCUT2D eigenvalue weighted by atomic mass is 16.3. The van der Waals surface area contributed by atoms with Crippen molar-refractivity contribution < 1.29 is 5.11 Å². The number of aliphatic hydroxyl groups is 1. The lowest BCUT2D eigenvalue weighted by Gasteiger charge is -2.52. The lowest BCUT2D eigenvalue weighted by atomic mass is 9.57. The fourth-order valence-corrected chi connectivity index (χ4v) is 2.70. The molecular formula is C13H28O. The molecule has 1 heteroatoms. The summed E-state index contributed by atoms with van der Waals surface area (Å²) >= 11 is 0. The Balaban J connectivity index is 5.22. The topological polar surface area (TPSA) is 20.2 Å². The van der Waals surface area contributed by atoms with Crippen molar-refractivity contribution in [1.82, 2.24) is 0 Å². The van der Waals surface area contributed by atoms with E-state index in [0.29, 0.717) is 0 Å². The highest BCUT2D eigenvalue weighted by Crippen LogP contribution is 2.50. The summed E-state index contributed by atoms with van der Waals surface area (Å²) < 4.78 is 0. The van der Waals surface area contributed by atoms with Crippen molar-refractivity contribution in [3.63, 3.8) is 0 Å². The van der Waals surface area contributed by atoms with E-state index in [1.807, 2.05) is 0 Å². The van der Waals surface area contributed by atoms with Gasteiger partial charge in [-0.05, 0) is 30.1 Å². The molecule has 0 aliphatic heterocycles. The van der Waals surface area contributed by atoms with Crippen LogP contribution in [-0.2, 0) is 0 Å². The van der Waals surface area contributed by atoms with Crippen LogP contribution in [0, 0.1) is 10.8 Å². The maximum atomic E-state index is 10.9. The Hall–Kier alpha value is -0.0400. The van der Waals surface area contributed by atoms with E-state index in [9.17, 15) is 5.11 Å². The molecule has 86 valence electrons. The second-order valence-electron chi connectivity index (χ2n) is 5.73. The van der Waals surface area contributed by atoms with E-state index >= 15 is 0 Å². The second kappa shape index (κ2) is 4.22. The summed E-state index contributed by atoms with van der Waals surface area (Å²) in [6.07, 6.45) is 2.89. The zero-order chi connectivity index (χ0) is 11.6. The fraction of sp³-hybridized carbons (Fsp3) is 1.00. The van der Waals surface area contributed by atoms with Crippen molar-refractivity contribution in [3.05, 3.63) is 0 Å². The summed E-state index contributed by atoms with van der Waals surface area (Å²) in [5, 5.41) is 10.9. The molecule has 0 aromatic heterocycles. The van der Waals surface area contributed by atoms with Gasteiger partial charge in [0.25, 0.3) is 0 Å². The molecule has 0 aliphatic rings. The zero-order valence-corrected chi connectivity index (χ0v) is 11.1.